The largest absolute Gasteiger partial charge is 0.350 e. The van der Waals surface area contributed by atoms with E-state index in [4.69, 9.17) is 0 Å². The van der Waals surface area contributed by atoms with Crippen LogP contribution in [-0.2, 0) is 10.0 Å². The van der Waals surface area contributed by atoms with Crippen molar-refractivity contribution in [1.82, 2.24) is 9.62 Å². The van der Waals surface area contributed by atoms with Gasteiger partial charge in [0.2, 0.25) is 10.0 Å². The van der Waals surface area contributed by atoms with Crippen molar-refractivity contribution in [2.24, 2.45) is 0 Å². The summed E-state index contributed by atoms with van der Waals surface area (Å²) in [7, 11) is -3.61. The minimum Gasteiger partial charge on any atom is -0.350 e. The van der Waals surface area contributed by atoms with E-state index in [1.54, 1.807) is 30.3 Å². The van der Waals surface area contributed by atoms with E-state index in [0.29, 0.717) is 13.0 Å². The van der Waals surface area contributed by atoms with Crippen LogP contribution in [0.25, 0.3) is 0 Å². The molecule has 0 bridgehead atoms. The van der Waals surface area contributed by atoms with Crippen molar-refractivity contribution in [3.05, 3.63) is 70.3 Å². The van der Waals surface area contributed by atoms with Crippen molar-refractivity contribution in [2.45, 2.75) is 23.8 Å². The number of carbonyl (C=O) groups excluding carboxylic acids is 1. The fourth-order valence-electron chi connectivity index (χ4n) is 3.10. The van der Waals surface area contributed by atoms with E-state index in [0.717, 1.165) is 6.42 Å². The van der Waals surface area contributed by atoms with Crippen LogP contribution in [0.3, 0.4) is 0 Å². The number of nitrogens with zero attached hydrogens (tertiary/aromatic N) is 2. The normalized spacial score (nSPS) is 17.6. The van der Waals surface area contributed by atoms with E-state index >= 15 is 0 Å². The highest BCUT2D eigenvalue weighted by atomic mass is 32.2. The molecule has 9 heteroatoms. The summed E-state index contributed by atoms with van der Waals surface area (Å²) in [5.41, 5.74) is 0.193. The second kappa shape index (κ2) is 7.85. The average molecular weight is 389 g/mol. The van der Waals surface area contributed by atoms with E-state index in [-0.39, 0.29) is 28.7 Å². The Labute approximate surface area is 157 Å². The van der Waals surface area contributed by atoms with E-state index in [9.17, 15) is 23.3 Å². The van der Waals surface area contributed by atoms with Crippen molar-refractivity contribution >= 4 is 21.6 Å². The number of nitro benzene ring substituents is 1. The monoisotopic (exact) mass is 389 g/mol. The molecule has 1 atom stereocenters. The van der Waals surface area contributed by atoms with Crippen molar-refractivity contribution < 1.29 is 18.1 Å². The molecule has 1 saturated heterocycles. The summed E-state index contributed by atoms with van der Waals surface area (Å²) in [6.07, 6.45) is 1.39. The van der Waals surface area contributed by atoms with E-state index < -0.39 is 20.9 Å². The van der Waals surface area contributed by atoms with Crippen LogP contribution in [0.4, 0.5) is 5.69 Å². The molecule has 2 aromatic rings. The maximum atomic E-state index is 12.8. The molecule has 0 spiro atoms. The first-order valence-corrected chi connectivity index (χ1v) is 9.93. The number of hydrogen-bond donors (Lipinski definition) is 1. The number of non-ortho nitro benzene ring substituents is 1. The molecule has 0 unspecified atom stereocenters. The van der Waals surface area contributed by atoms with Crippen molar-refractivity contribution in [2.75, 3.05) is 13.1 Å². The third kappa shape index (κ3) is 4.15. The number of nitrogens with one attached hydrogen (secondary N) is 1. The van der Waals surface area contributed by atoms with Gasteiger partial charge in [-0.25, -0.2) is 8.42 Å². The van der Waals surface area contributed by atoms with Crippen LogP contribution in [0, 0.1) is 10.1 Å². The molecule has 142 valence electrons. The third-order valence-electron chi connectivity index (χ3n) is 4.51. The van der Waals surface area contributed by atoms with Crippen LogP contribution in [0.5, 0.6) is 0 Å². The molecule has 1 N–H and O–H groups in total. The number of carbonyl (C=O) groups is 1. The first kappa shape index (κ1) is 19.0. The molecule has 1 fully saturated rings. The van der Waals surface area contributed by atoms with Crippen LogP contribution < -0.4 is 5.32 Å². The number of rotatable bonds is 6. The van der Waals surface area contributed by atoms with Crippen LogP contribution in [0.15, 0.2) is 59.5 Å². The van der Waals surface area contributed by atoms with Gasteiger partial charge in [0.05, 0.1) is 9.82 Å². The number of hydrogen-bond acceptors (Lipinski definition) is 5. The molecule has 0 aliphatic carbocycles. The SMILES string of the molecule is O=C(NC[C@H]1CCCN1S(=O)(=O)c1ccccc1)c1ccc([N+](=O)[O-])cc1. The quantitative estimate of drug-likeness (QED) is 0.601. The summed E-state index contributed by atoms with van der Waals surface area (Å²) in [5, 5.41) is 13.4. The van der Waals surface area contributed by atoms with Gasteiger partial charge in [0.15, 0.2) is 0 Å². The molecule has 8 nitrogen and oxygen atoms in total. The van der Waals surface area contributed by atoms with Gasteiger partial charge in [-0.1, -0.05) is 18.2 Å². The highest BCUT2D eigenvalue weighted by Gasteiger charge is 2.35. The Bertz CT molecular complexity index is 929. The van der Waals surface area contributed by atoms with Gasteiger partial charge < -0.3 is 5.32 Å². The van der Waals surface area contributed by atoms with Crippen molar-refractivity contribution in [1.29, 1.82) is 0 Å². The van der Waals surface area contributed by atoms with Gasteiger partial charge in [-0.2, -0.15) is 4.31 Å². The molecule has 1 heterocycles. The molecule has 1 aliphatic rings. The minimum atomic E-state index is -3.61. The maximum absolute atomic E-state index is 12.8. The van der Waals surface area contributed by atoms with Crippen molar-refractivity contribution in [3.8, 4) is 0 Å². The number of benzene rings is 2. The van der Waals surface area contributed by atoms with Gasteiger partial charge in [-0.15, -0.1) is 0 Å². The first-order valence-electron chi connectivity index (χ1n) is 8.49. The predicted octanol–water partition coefficient (Wildman–Crippen LogP) is 2.18. The topological polar surface area (TPSA) is 110 Å². The molecule has 2 aromatic carbocycles. The third-order valence-corrected chi connectivity index (χ3v) is 6.48. The zero-order valence-electron chi connectivity index (χ0n) is 14.4. The Hall–Kier alpha value is -2.78. The predicted molar refractivity (Wildman–Crippen MR) is 98.8 cm³/mol. The van der Waals surface area contributed by atoms with Crippen LogP contribution in [0.2, 0.25) is 0 Å². The average Bonchev–Trinajstić information content (AvgIpc) is 3.16. The lowest BCUT2D eigenvalue weighted by Gasteiger charge is -2.24. The summed E-state index contributed by atoms with van der Waals surface area (Å²) < 4.78 is 27.0. The van der Waals surface area contributed by atoms with E-state index in [2.05, 4.69) is 5.32 Å². The molecule has 1 aliphatic heterocycles. The Kier molecular flexibility index (Phi) is 5.52. The molecular weight excluding hydrogens is 370 g/mol. The van der Waals surface area contributed by atoms with Crippen LogP contribution >= 0.6 is 0 Å². The summed E-state index contributed by atoms with van der Waals surface area (Å²) in [5.74, 6) is -0.395. The van der Waals surface area contributed by atoms with Crippen LogP contribution in [0.1, 0.15) is 23.2 Å². The van der Waals surface area contributed by atoms with E-state index in [1.807, 2.05) is 0 Å². The molecule has 0 aromatic heterocycles. The summed E-state index contributed by atoms with van der Waals surface area (Å²) in [6.45, 7) is 0.594. The Morgan fingerprint density at radius 3 is 2.44 bits per heavy atom. The summed E-state index contributed by atoms with van der Waals surface area (Å²) >= 11 is 0. The van der Waals surface area contributed by atoms with Gasteiger partial charge in [0.1, 0.15) is 0 Å². The maximum Gasteiger partial charge on any atom is 0.269 e. The number of nitro groups is 1. The smallest absolute Gasteiger partial charge is 0.269 e. The lowest BCUT2D eigenvalue weighted by Crippen LogP contribution is -2.43. The lowest BCUT2D eigenvalue weighted by atomic mass is 10.2. The Morgan fingerprint density at radius 1 is 1.15 bits per heavy atom. The standard InChI is InChI=1S/C18H19N3O5S/c22-18(14-8-10-15(11-9-14)21(23)24)19-13-16-5-4-12-20(16)27(25,26)17-6-2-1-3-7-17/h1-3,6-11,16H,4-5,12-13H2,(H,19,22)/t16-/m1/s1. The zero-order valence-corrected chi connectivity index (χ0v) is 15.3. The first-order chi connectivity index (χ1) is 12.9. The highest BCUT2D eigenvalue weighted by Crippen LogP contribution is 2.25. The fraction of sp³-hybridized carbons (Fsp3) is 0.278. The second-order valence-corrected chi connectivity index (χ2v) is 8.13. The van der Waals surface area contributed by atoms with E-state index in [1.165, 1.54) is 28.6 Å². The van der Waals surface area contributed by atoms with Crippen molar-refractivity contribution in [3.63, 3.8) is 0 Å². The van der Waals surface area contributed by atoms with Gasteiger partial charge in [-0.3, -0.25) is 14.9 Å². The van der Waals surface area contributed by atoms with Gasteiger partial charge in [0, 0.05) is 36.8 Å². The van der Waals surface area contributed by atoms with Gasteiger partial charge in [-0.05, 0) is 37.1 Å². The highest BCUT2D eigenvalue weighted by molar-refractivity contribution is 7.89. The molecule has 1 amide bonds. The second-order valence-electron chi connectivity index (χ2n) is 6.24. The summed E-state index contributed by atoms with van der Waals surface area (Å²) in [4.78, 5) is 22.6. The number of sulfonamides is 1. The Morgan fingerprint density at radius 2 is 1.81 bits per heavy atom. The van der Waals surface area contributed by atoms with Gasteiger partial charge >= 0.3 is 0 Å². The molecular formula is C18H19N3O5S. The fourth-order valence-corrected chi connectivity index (χ4v) is 4.82. The van der Waals surface area contributed by atoms with Crippen LogP contribution in [-0.4, -0.2) is 42.7 Å². The van der Waals surface area contributed by atoms with Gasteiger partial charge in [0.25, 0.3) is 11.6 Å². The lowest BCUT2D eigenvalue weighted by molar-refractivity contribution is -0.384. The zero-order chi connectivity index (χ0) is 19.4. The summed E-state index contributed by atoms with van der Waals surface area (Å²) in [6, 6.07) is 13.2. The molecule has 0 radical (unpaired) electrons. The Balaban J connectivity index is 1.66. The molecule has 0 saturated carbocycles. The molecule has 3 rings (SSSR count). The number of amides is 1. The minimum absolute atomic E-state index is 0.0949. The molecule has 27 heavy (non-hydrogen) atoms.